The Morgan fingerprint density at radius 3 is 2.62 bits per heavy atom. The van der Waals surface area contributed by atoms with Crippen LogP contribution in [-0.4, -0.2) is 26.4 Å². The molecular weight excluding hydrogens is 408 g/mol. The molecule has 0 saturated heterocycles. The van der Waals surface area contributed by atoms with Gasteiger partial charge in [-0.1, -0.05) is 47.1 Å². The molecule has 0 atom stereocenters. The number of nitrogens with one attached hydrogen (secondary N) is 1. The number of ether oxygens (including phenoxy) is 1. The second-order valence-electron chi connectivity index (χ2n) is 6.55. The number of hydrogen-bond acceptors (Lipinski definition) is 5. The maximum absolute atomic E-state index is 12.3. The van der Waals surface area contributed by atoms with Crippen molar-refractivity contribution < 1.29 is 9.53 Å². The number of aryl methyl sites for hydroxylation is 2. The summed E-state index contributed by atoms with van der Waals surface area (Å²) in [6.45, 7) is 6.97. The Hall–Kier alpha value is -2.51. The fourth-order valence-corrected chi connectivity index (χ4v) is 3.63. The third-order valence-electron chi connectivity index (χ3n) is 4.29. The van der Waals surface area contributed by atoms with Crippen LogP contribution in [0.1, 0.15) is 23.9 Å². The summed E-state index contributed by atoms with van der Waals surface area (Å²) < 4.78 is 7.76. The molecule has 0 aliphatic heterocycles. The van der Waals surface area contributed by atoms with Gasteiger partial charge in [-0.25, -0.2) is 0 Å². The minimum absolute atomic E-state index is 0.127. The Balaban J connectivity index is 1.57. The Kier molecular flexibility index (Phi) is 7.17. The van der Waals surface area contributed by atoms with Crippen molar-refractivity contribution in [3.8, 4) is 5.75 Å². The van der Waals surface area contributed by atoms with Crippen molar-refractivity contribution in [2.45, 2.75) is 39.1 Å². The molecule has 1 aromatic heterocycles. The lowest BCUT2D eigenvalue weighted by molar-refractivity contribution is -0.113. The molecular formula is C21H23ClN4O2S. The van der Waals surface area contributed by atoms with E-state index in [2.05, 4.69) is 15.5 Å². The molecule has 3 rings (SSSR count). The van der Waals surface area contributed by atoms with E-state index in [0.29, 0.717) is 29.0 Å². The normalized spacial score (nSPS) is 10.8. The van der Waals surface area contributed by atoms with Crippen molar-refractivity contribution in [2.24, 2.45) is 0 Å². The lowest BCUT2D eigenvalue weighted by atomic mass is 10.2. The highest BCUT2D eigenvalue weighted by atomic mass is 35.5. The van der Waals surface area contributed by atoms with Gasteiger partial charge in [-0.2, -0.15) is 0 Å². The van der Waals surface area contributed by atoms with Gasteiger partial charge in [0.1, 0.15) is 12.4 Å². The minimum Gasteiger partial charge on any atom is -0.486 e. The van der Waals surface area contributed by atoms with E-state index in [1.54, 1.807) is 6.07 Å². The van der Waals surface area contributed by atoms with Crippen molar-refractivity contribution in [3.63, 3.8) is 0 Å². The van der Waals surface area contributed by atoms with Crippen LogP contribution in [0.15, 0.2) is 47.6 Å². The van der Waals surface area contributed by atoms with E-state index in [9.17, 15) is 4.79 Å². The zero-order chi connectivity index (χ0) is 20.8. The van der Waals surface area contributed by atoms with E-state index in [-0.39, 0.29) is 11.7 Å². The molecule has 0 fully saturated rings. The van der Waals surface area contributed by atoms with Crippen LogP contribution in [0, 0.1) is 13.8 Å². The van der Waals surface area contributed by atoms with Crippen molar-refractivity contribution in [1.82, 2.24) is 14.8 Å². The average molecular weight is 431 g/mol. The van der Waals surface area contributed by atoms with Crippen molar-refractivity contribution >= 4 is 35.0 Å². The van der Waals surface area contributed by atoms with Crippen LogP contribution in [0.3, 0.4) is 0 Å². The molecule has 0 spiro atoms. The van der Waals surface area contributed by atoms with Gasteiger partial charge in [0.15, 0.2) is 11.0 Å². The Morgan fingerprint density at radius 2 is 1.93 bits per heavy atom. The molecule has 6 nitrogen and oxygen atoms in total. The summed E-state index contributed by atoms with van der Waals surface area (Å²) in [6, 6.07) is 13.3. The Bertz CT molecular complexity index is 989. The number of aromatic nitrogens is 3. The van der Waals surface area contributed by atoms with Crippen LogP contribution in [0.25, 0.3) is 0 Å². The Labute approximate surface area is 179 Å². The fourth-order valence-electron chi connectivity index (χ4n) is 2.63. The van der Waals surface area contributed by atoms with Crippen LogP contribution >= 0.6 is 23.4 Å². The number of benzene rings is 2. The van der Waals surface area contributed by atoms with E-state index in [1.165, 1.54) is 17.3 Å². The molecule has 0 aliphatic rings. The number of carbonyl (C=O) groups is 1. The third-order valence-corrected chi connectivity index (χ3v) is 5.66. The molecule has 3 aromatic rings. The second-order valence-corrected chi connectivity index (χ2v) is 7.90. The van der Waals surface area contributed by atoms with E-state index in [1.807, 2.05) is 61.7 Å². The van der Waals surface area contributed by atoms with E-state index in [0.717, 1.165) is 17.1 Å². The molecule has 0 unspecified atom stereocenters. The van der Waals surface area contributed by atoms with Crippen molar-refractivity contribution in [1.29, 1.82) is 0 Å². The summed E-state index contributed by atoms with van der Waals surface area (Å²) in [4.78, 5) is 12.3. The zero-order valence-corrected chi connectivity index (χ0v) is 18.2. The number of thioether (sulfide) groups is 1. The highest BCUT2D eigenvalue weighted by Gasteiger charge is 2.14. The van der Waals surface area contributed by atoms with Gasteiger partial charge in [0.25, 0.3) is 0 Å². The van der Waals surface area contributed by atoms with Gasteiger partial charge in [-0.05, 0) is 50.6 Å². The van der Waals surface area contributed by atoms with Crippen LogP contribution in [0.2, 0.25) is 5.02 Å². The maximum Gasteiger partial charge on any atom is 0.234 e. The van der Waals surface area contributed by atoms with Gasteiger partial charge in [0, 0.05) is 17.3 Å². The number of amides is 1. The van der Waals surface area contributed by atoms with Gasteiger partial charge in [-0.3, -0.25) is 4.79 Å². The molecule has 0 bridgehead atoms. The maximum atomic E-state index is 12.3. The summed E-state index contributed by atoms with van der Waals surface area (Å²) in [7, 11) is 0. The smallest absolute Gasteiger partial charge is 0.234 e. The standard InChI is InChI=1S/C21H23ClN4O2S/c1-4-26-19(12-28-17-9-5-14(2)6-10-17)24-25-21(26)29-13-20(27)23-16-8-7-15(3)18(22)11-16/h5-11H,4,12-13H2,1-3H3,(H,23,27). The van der Waals surface area contributed by atoms with Crippen molar-refractivity contribution in [2.75, 3.05) is 11.1 Å². The predicted octanol–water partition coefficient (Wildman–Crippen LogP) is 4.88. The third kappa shape index (κ3) is 5.74. The van der Waals surface area contributed by atoms with Crippen LogP contribution in [0.5, 0.6) is 5.75 Å². The summed E-state index contributed by atoms with van der Waals surface area (Å²) in [6.07, 6.45) is 0. The first-order chi connectivity index (χ1) is 14.0. The number of hydrogen-bond donors (Lipinski definition) is 1. The highest BCUT2D eigenvalue weighted by molar-refractivity contribution is 7.99. The number of carbonyl (C=O) groups excluding carboxylic acids is 1. The number of nitrogens with zero attached hydrogens (tertiary/aromatic N) is 3. The summed E-state index contributed by atoms with van der Waals surface area (Å²) in [5, 5.41) is 12.6. The Morgan fingerprint density at radius 1 is 1.17 bits per heavy atom. The molecule has 1 heterocycles. The monoisotopic (exact) mass is 430 g/mol. The van der Waals surface area contributed by atoms with E-state index >= 15 is 0 Å². The average Bonchev–Trinajstić information content (AvgIpc) is 3.10. The highest BCUT2D eigenvalue weighted by Crippen LogP contribution is 2.22. The second kappa shape index (κ2) is 9.80. The van der Waals surface area contributed by atoms with Gasteiger partial charge in [-0.15, -0.1) is 10.2 Å². The van der Waals surface area contributed by atoms with Gasteiger partial charge >= 0.3 is 0 Å². The molecule has 29 heavy (non-hydrogen) atoms. The van der Waals surface area contributed by atoms with Gasteiger partial charge in [0.2, 0.25) is 5.91 Å². The van der Waals surface area contributed by atoms with Crippen LogP contribution in [0.4, 0.5) is 5.69 Å². The van der Waals surface area contributed by atoms with Crippen molar-refractivity contribution in [3.05, 3.63) is 64.4 Å². The zero-order valence-electron chi connectivity index (χ0n) is 16.6. The van der Waals surface area contributed by atoms with Crippen LogP contribution < -0.4 is 10.1 Å². The molecule has 1 N–H and O–H groups in total. The first-order valence-corrected chi connectivity index (χ1v) is 10.6. The fraction of sp³-hybridized carbons (Fsp3) is 0.286. The molecule has 8 heteroatoms. The van der Waals surface area contributed by atoms with Crippen LogP contribution in [-0.2, 0) is 17.9 Å². The molecule has 2 aromatic carbocycles. The topological polar surface area (TPSA) is 69.0 Å². The molecule has 0 radical (unpaired) electrons. The molecule has 1 amide bonds. The summed E-state index contributed by atoms with van der Waals surface area (Å²) in [5.74, 6) is 1.61. The lowest BCUT2D eigenvalue weighted by Crippen LogP contribution is -2.15. The predicted molar refractivity (Wildman–Crippen MR) is 117 cm³/mol. The first-order valence-electron chi connectivity index (χ1n) is 9.26. The number of anilines is 1. The largest absolute Gasteiger partial charge is 0.486 e. The number of rotatable bonds is 8. The summed E-state index contributed by atoms with van der Waals surface area (Å²) >= 11 is 7.44. The van der Waals surface area contributed by atoms with E-state index < -0.39 is 0 Å². The van der Waals surface area contributed by atoms with Gasteiger partial charge < -0.3 is 14.6 Å². The quantitative estimate of drug-likeness (QED) is 0.516. The first kappa shape index (κ1) is 21.2. The molecule has 0 aliphatic carbocycles. The SMILES string of the molecule is CCn1c(COc2ccc(C)cc2)nnc1SCC(=O)Nc1ccc(C)c(Cl)c1. The molecule has 0 saturated carbocycles. The molecule has 152 valence electrons. The lowest BCUT2D eigenvalue weighted by Gasteiger charge is -2.09. The summed E-state index contributed by atoms with van der Waals surface area (Å²) in [5.41, 5.74) is 2.82. The van der Waals surface area contributed by atoms with Gasteiger partial charge in [0.05, 0.1) is 5.75 Å². The van der Waals surface area contributed by atoms with E-state index in [4.69, 9.17) is 16.3 Å². The number of halogens is 1. The minimum atomic E-state index is -0.127.